The van der Waals surface area contributed by atoms with Gasteiger partial charge in [0.1, 0.15) is 0 Å². The van der Waals surface area contributed by atoms with Gasteiger partial charge >= 0.3 is 0 Å². The fourth-order valence-electron chi connectivity index (χ4n) is 2.35. The van der Waals surface area contributed by atoms with Crippen LogP contribution < -0.4 is 5.32 Å². The zero-order chi connectivity index (χ0) is 12.0. The summed E-state index contributed by atoms with van der Waals surface area (Å²) in [6.45, 7) is 5.47. The van der Waals surface area contributed by atoms with Crippen LogP contribution in [0.3, 0.4) is 0 Å². The van der Waals surface area contributed by atoms with E-state index in [2.05, 4.69) is 19.2 Å². The van der Waals surface area contributed by atoms with Crippen molar-refractivity contribution in [3.05, 3.63) is 0 Å². The predicted molar refractivity (Wildman–Crippen MR) is 72.2 cm³/mol. The van der Waals surface area contributed by atoms with Crippen LogP contribution in [-0.4, -0.2) is 28.3 Å². The largest absolute Gasteiger partial charge is 0.314 e. The number of hydrogen-bond acceptors (Lipinski definition) is 2. The first-order valence-electron chi connectivity index (χ1n) is 6.65. The van der Waals surface area contributed by atoms with E-state index in [1.54, 1.807) is 6.26 Å². The standard InChI is InChI=1S/C13H27NOS/c1-11-5-4-6-13(8-7-11)14-10-9-12(2)16(3)15/h11-14H,4-10H2,1-3H3. The third-order valence-corrected chi connectivity index (χ3v) is 5.18. The van der Waals surface area contributed by atoms with Crippen LogP contribution in [0.4, 0.5) is 0 Å². The Morgan fingerprint density at radius 1 is 1.31 bits per heavy atom. The molecule has 0 radical (unpaired) electrons. The fraction of sp³-hybridized carbons (Fsp3) is 1.00. The van der Waals surface area contributed by atoms with Crippen molar-refractivity contribution < 1.29 is 4.21 Å². The lowest BCUT2D eigenvalue weighted by Crippen LogP contribution is -2.31. The Hall–Kier alpha value is 0.110. The molecule has 1 aliphatic carbocycles. The molecule has 4 unspecified atom stereocenters. The first-order valence-corrected chi connectivity index (χ1v) is 8.27. The van der Waals surface area contributed by atoms with Crippen LogP contribution in [0.5, 0.6) is 0 Å². The van der Waals surface area contributed by atoms with Gasteiger partial charge in [-0.1, -0.05) is 26.7 Å². The molecule has 16 heavy (non-hydrogen) atoms. The second-order valence-electron chi connectivity index (χ2n) is 5.36. The SMILES string of the molecule is CC1CCCC(NCCC(C)S(C)=O)CC1. The Morgan fingerprint density at radius 3 is 2.75 bits per heavy atom. The molecule has 0 heterocycles. The monoisotopic (exact) mass is 245 g/mol. The smallest absolute Gasteiger partial charge is 0.0329 e. The molecule has 3 heteroatoms. The quantitative estimate of drug-likeness (QED) is 0.755. The minimum atomic E-state index is -0.666. The Morgan fingerprint density at radius 2 is 2.06 bits per heavy atom. The van der Waals surface area contributed by atoms with E-state index in [1.165, 1.54) is 32.1 Å². The van der Waals surface area contributed by atoms with Crippen LogP contribution in [-0.2, 0) is 10.8 Å². The summed E-state index contributed by atoms with van der Waals surface area (Å²) >= 11 is 0. The molecule has 1 rings (SSSR count). The molecule has 96 valence electrons. The van der Waals surface area contributed by atoms with Gasteiger partial charge in [0.2, 0.25) is 0 Å². The molecule has 0 bridgehead atoms. The second kappa shape index (κ2) is 7.44. The molecular weight excluding hydrogens is 218 g/mol. The van der Waals surface area contributed by atoms with E-state index < -0.39 is 10.8 Å². The first-order chi connectivity index (χ1) is 7.59. The van der Waals surface area contributed by atoms with Crippen LogP contribution >= 0.6 is 0 Å². The third kappa shape index (κ3) is 5.44. The highest BCUT2D eigenvalue weighted by atomic mass is 32.2. The van der Waals surface area contributed by atoms with E-state index in [4.69, 9.17) is 0 Å². The topological polar surface area (TPSA) is 29.1 Å². The predicted octanol–water partition coefficient (Wildman–Crippen LogP) is 2.70. The summed E-state index contributed by atoms with van der Waals surface area (Å²) in [4.78, 5) is 0. The second-order valence-corrected chi connectivity index (χ2v) is 7.16. The van der Waals surface area contributed by atoms with E-state index in [0.717, 1.165) is 18.9 Å². The molecule has 0 aromatic carbocycles. The molecule has 0 aliphatic heterocycles. The summed E-state index contributed by atoms with van der Waals surface area (Å²) in [6.07, 6.45) is 9.63. The summed E-state index contributed by atoms with van der Waals surface area (Å²) in [7, 11) is -0.666. The lowest BCUT2D eigenvalue weighted by molar-refractivity contribution is 0.444. The highest BCUT2D eigenvalue weighted by molar-refractivity contribution is 7.84. The molecule has 0 saturated heterocycles. The zero-order valence-electron chi connectivity index (χ0n) is 11.0. The molecule has 0 spiro atoms. The minimum absolute atomic E-state index is 0.331. The third-order valence-electron chi connectivity index (χ3n) is 3.81. The van der Waals surface area contributed by atoms with Crippen molar-refractivity contribution in [1.29, 1.82) is 0 Å². The average Bonchev–Trinajstić information content (AvgIpc) is 2.43. The maximum atomic E-state index is 11.2. The lowest BCUT2D eigenvalue weighted by atomic mass is 10.0. The van der Waals surface area contributed by atoms with Crippen molar-refractivity contribution in [3.63, 3.8) is 0 Å². The van der Waals surface area contributed by atoms with Crippen LogP contribution in [0.25, 0.3) is 0 Å². The van der Waals surface area contributed by atoms with Gasteiger partial charge in [-0.3, -0.25) is 4.21 Å². The van der Waals surface area contributed by atoms with Gasteiger partial charge in [0.15, 0.2) is 0 Å². The molecular formula is C13H27NOS. The molecule has 1 fully saturated rings. The van der Waals surface area contributed by atoms with Gasteiger partial charge in [-0.15, -0.1) is 0 Å². The summed E-state index contributed by atoms with van der Waals surface area (Å²) in [5.74, 6) is 0.911. The fourth-order valence-corrected chi connectivity index (χ4v) is 2.80. The van der Waals surface area contributed by atoms with Crippen LogP contribution in [0.1, 0.15) is 52.4 Å². The first kappa shape index (κ1) is 14.2. The Labute approximate surface area is 103 Å². The molecule has 2 nitrogen and oxygen atoms in total. The van der Waals surface area contributed by atoms with Crippen LogP contribution in [0.15, 0.2) is 0 Å². The van der Waals surface area contributed by atoms with Crippen molar-refractivity contribution in [2.45, 2.75) is 63.7 Å². The highest BCUT2D eigenvalue weighted by Gasteiger charge is 2.15. The van der Waals surface area contributed by atoms with Crippen LogP contribution in [0.2, 0.25) is 0 Å². The van der Waals surface area contributed by atoms with E-state index in [9.17, 15) is 4.21 Å². The van der Waals surface area contributed by atoms with Crippen molar-refractivity contribution in [2.24, 2.45) is 5.92 Å². The van der Waals surface area contributed by atoms with E-state index in [-0.39, 0.29) is 0 Å². The van der Waals surface area contributed by atoms with Crippen molar-refractivity contribution in [2.75, 3.05) is 12.8 Å². The maximum Gasteiger partial charge on any atom is 0.0329 e. The van der Waals surface area contributed by atoms with Gasteiger partial charge in [-0.25, -0.2) is 0 Å². The summed E-state index contributed by atoms with van der Waals surface area (Å²) in [5.41, 5.74) is 0. The van der Waals surface area contributed by atoms with E-state index >= 15 is 0 Å². The molecule has 0 amide bonds. The molecule has 1 N–H and O–H groups in total. The van der Waals surface area contributed by atoms with Gasteiger partial charge < -0.3 is 5.32 Å². The van der Waals surface area contributed by atoms with Gasteiger partial charge in [-0.05, 0) is 38.1 Å². The van der Waals surface area contributed by atoms with Crippen molar-refractivity contribution in [3.8, 4) is 0 Å². The van der Waals surface area contributed by atoms with Crippen molar-refractivity contribution >= 4 is 10.8 Å². The number of rotatable bonds is 5. The molecule has 1 saturated carbocycles. The number of nitrogens with one attached hydrogen (secondary N) is 1. The maximum absolute atomic E-state index is 11.2. The highest BCUT2D eigenvalue weighted by Crippen LogP contribution is 2.22. The Balaban J connectivity index is 2.14. The van der Waals surface area contributed by atoms with Gasteiger partial charge in [0, 0.05) is 28.3 Å². The van der Waals surface area contributed by atoms with Gasteiger partial charge in [0.25, 0.3) is 0 Å². The van der Waals surface area contributed by atoms with Gasteiger partial charge in [0.05, 0.1) is 0 Å². The van der Waals surface area contributed by atoms with E-state index in [1.807, 2.05) is 0 Å². The number of hydrogen-bond donors (Lipinski definition) is 1. The Kier molecular flexibility index (Phi) is 6.59. The zero-order valence-corrected chi connectivity index (χ0v) is 11.8. The minimum Gasteiger partial charge on any atom is -0.314 e. The van der Waals surface area contributed by atoms with E-state index in [0.29, 0.717) is 11.3 Å². The summed E-state index contributed by atoms with van der Waals surface area (Å²) in [6, 6.07) is 0.711. The molecule has 1 aliphatic rings. The molecule has 0 aromatic rings. The normalized spacial score (nSPS) is 30.7. The Bertz CT molecular complexity index is 220. The average molecular weight is 245 g/mol. The summed E-state index contributed by atoms with van der Waals surface area (Å²) < 4.78 is 11.2. The summed E-state index contributed by atoms with van der Waals surface area (Å²) in [5, 5.41) is 3.96. The van der Waals surface area contributed by atoms with Gasteiger partial charge in [-0.2, -0.15) is 0 Å². The molecule has 4 atom stereocenters. The lowest BCUT2D eigenvalue weighted by Gasteiger charge is -2.17. The van der Waals surface area contributed by atoms with Crippen molar-refractivity contribution in [1.82, 2.24) is 5.32 Å². The molecule has 0 aromatic heterocycles. The van der Waals surface area contributed by atoms with Crippen LogP contribution in [0, 0.1) is 5.92 Å².